The number of hydrogen-bond donors (Lipinski definition) is 1. The summed E-state index contributed by atoms with van der Waals surface area (Å²) in [5, 5.41) is 3.43. The molecule has 1 aromatic rings. The van der Waals surface area contributed by atoms with Crippen molar-refractivity contribution in [3.8, 4) is 5.88 Å². The van der Waals surface area contributed by atoms with Gasteiger partial charge in [0.05, 0.1) is 26.4 Å². The lowest BCUT2D eigenvalue weighted by molar-refractivity contribution is 0.0536. The highest BCUT2D eigenvalue weighted by atomic mass is 127. The van der Waals surface area contributed by atoms with Gasteiger partial charge in [0.2, 0.25) is 5.88 Å². The van der Waals surface area contributed by atoms with Crippen LogP contribution in [0.3, 0.4) is 0 Å². The molecule has 1 N–H and O–H groups in total. The van der Waals surface area contributed by atoms with Crippen molar-refractivity contribution < 1.29 is 14.2 Å². The number of methoxy groups -OCH3 is 1. The minimum Gasteiger partial charge on any atom is -0.474 e. The van der Waals surface area contributed by atoms with Crippen LogP contribution in [0.1, 0.15) is 44.6 Å². The Kier molecular flexibility index (Phi) is 11.8. The van der Waals surface area contributed by atoms with Crippen molar-refractivity contribution in [2.45, 2.75) is 51.7 Å². The monoisotopic (exact) mass is 532 g/mol. The summed E-state index contributed by atoms with van der Waals surface area (Å²) in [6.07, 6.45) is 8.08. The van der Waals surface area contributed by atoms with Crippen molar-refractivity contribution in [1.29, 1.82) is 0 Å². The minimum absolute atomic E-state index is 0. The van der Waals surface area contributed by atoms with Crippen LogP contribution in [0.4, 0.5) is 0 Å². The fraction of sp³-hybridized carbons (Fsp3) is 0.727. The van der Waals surface area contributed by atoms with Gasteiger partial charge in [-0.1, -0.05) is 0 Å². The van der Waals surface area contributed by atoms with E-state index in [0.29, 0.717) is 31.8 Å². The maximum Gasteiger partial charge on any atom is 0.213 e. The number of hydrogen-bond acceptors (Lipinski definition) is 5. The Bertz CT molecular complexity index is 641. The van der Waals surface area contributed by atoms with Crippen LogP contribution in [-0.2, 0) is 16.0 Å². The number of guanidine groups is 1. The molecule has 7 nitrogen and oxygen atoms in total. The zero-order valence-corrected chi connectivity index (χ0v) is 20.7. The molecule has 1 aliphatic carbocycles. The molecule has 8 heteroatoms. The Morgan fingerprint density at radius 3 is 2.87 bits per heavy atom. The van der Waals surface area contributed by atoms with E-state index < -0.39 is 0 Å². The van der Waals surface area contributed by atoms with Crippen LogP contribution in [0.5, 0.6) is 5.88 Å². The Morgan fingerprint density at radius 1 is 1.27 bits per heavy atom. The van der Waals surface area contributed by atoms with Crippen LogP contribution in [0.25, 0.3) is 0 Å². The number of rotatable bonds is 10. The molecule has 30 heavy (non-hydrogen) atoms. The number of likely N-dealkylation sites (tertiary alicyclic amines) is 1. The molecule has 1 aromatic heterocycles. The Balaban J connectivity index is 0.00000320. The zero-order valence-electron chi connectivity index (χ0n) is 18.3. The standard InChI is InChI=1S/C22H36N4O3.HI/c1-3-23-22(26-11-9-19(16-26)17-28-13-12-27-2)25-15-18-8-10-24-21(14-18)29-20-6-4-5-7-20;/h8,10,14,19-20H,3-7,9,11-13,15-17H2,1-2H3,(H,23,25);1H. The molecule has 0 radical (unpaired) electrons. The molecule has 0 aromatic carbocycles. The first-order valence-electron chi connectivity index (χ1n) is 11.0. The van der Waals surface area contributed by atoms with Gasteiger partial charge in [0.15, 0.2) is 5.96 Å². The second kappa shape index (κ2) is 14.0. The first-order valence-corrected chi connectivity index (χ1v) is 11.0. The van der Waals surface area contributed by atoms with E-state index >= 15 is 0 Å². The fourth-order valence-corrected chi connectivity index (χ4v) is 3.94. The Morgan fingerprint density at radius 2 is 2.10 bits per heavy atom. The van der Waals surface area contributed by atoms with E-state index in [2.05, 4.69) is 22.1 Å². The number of pyridine rings is 1. The summed E-state index contributed by atoms with van der Waals surface area (Å²) in [4.78, 5) is 11.6. The van der Waals surface area contributed by atoms with Crippen molar-refractivity contribution in [2.24, 2.45) is 10.9 Å². The minimum atomic E-state index is 0. The number of nitrogens with one attached hydrogen (secondary N) is 1. The van der Waals surface area contributed by atoms with Gasteiger partial charge in [0.25, 0.3) is 0 Å². The third-order valence-corrected chi connectivity index (χ3v) is 5.51. The van der Waals surface area contributed by atoms with Gasteiger partial charge < -0.3 is 24.4 Å². The molecule has 0 spiro atoms. The molecule has 0 amide bonds. The van der Waals surface area contributed by atoms with Gasteiger partial charge in [0.1, 0.15) is 6.10 Å². The molecular weight excluding hydrogens is 495 g/mol. The molecular formula is C22H37IN4O3. The summed E-state index contributed by atoms with van der Waals surface area (Å²) in [6, 6.07) is 4.05. The third-order valence-electron chi connectivity index (χ3n) is 5.51. The SMILES string of the molecule is CCNC(=NCc1ccnc(OC2CCCC2)c1)N1CCC(COCCOC)C1.I. The molecule has 1 unspecified atom stereocenters. The van der Waals surface area contributed by atoms with E-state index in [1.807, 2.05) is 18.3 Å². The number of halogens is 1. The van der Waals surface area contributed by atoms with Crippen LogP contribution in [-0.4, -0.2) is 68.5 Å². The second-order valence-electron chi connectivity index (χ2n) is 7.87. The topological polar surface area (TPSA) is 68.2 Å². The molecule has 170 valence electrons. The van der Waals surface area contributed by atoms with Gasteiger partial charge in [0, 0.05) is 44.9 Å². The number of aromatic nitrogens is 1. The lowest BCUT2D eigenvalue weighted by Crippen LogP contribution is -2.40. The average molecular weight is 532 g/mol. The molecule has 3 rings (SSSR count). The highest BCUT2D eigenvalue weighted by molar-refractivity contribution is 14.0. The lowest BCUT2D eigenvalue weighted by Gasteiger charge is -2.21. The molecule has 1 saturated carbocycles. The average Bonchev–Trinajstić information content (AvgIpc) is 3.41. The van der Waals surface area contributed by atoms with Crippen molar-refractivity contribution in [2.75, 3.05) is 46.6 Å². The Hall–Kier alpha value is -1.13. The van der Waals surface area contributed by atoms with Crippen molar-refractivity contribution in [3.63, 3.8) is 0 Å². The van der Waals surface area contributed by atoms with Gasteiger partial charge in [-0.3, -0.25) is 0 Å². The van der Waals surface area contributed by atoms with E-state index in [4.69, 9.17) is 19.2 Å². The first-order chi connectivity index (χ1) is 14.3. The Labute approximate surface area is 198 Å². The zero-order chi connectivity index (χ0) is 20.3. The van der Waals surface area contributed by atoms with Gasteiger partial charge in [-0.2, -0.15) is 0 Å². The molecule has 2 fully saturated rings. The van der Waals surface area contributed by atoms with Crippen LogP contribution in [0, 0.1) is 5.92 Å². The van der Waals surface area contributed by atoms with E-state index in [1.54, 1.807) is 7.11 Å². The summed E-state index contributed by atoms with van der Waals surface area (Å²) >= 11 is 0. The van der Waals surface area contributed by atoms with Crippen molar-refractivity contribution >= 4 is 29.9 Å². The predicted molar refractivity (Wildman–Crippen MR) is 130 cm³/mol. The van der Waals surface area contributed by atoms with Gasteiger partial charge in [-0.05, 0) is 50.7 Å². The summed E-state index contributed by atoms with van der Waals surface area (Å²) in [7, 11) is 1.70. The van der Waals surface area contributed by atoms with E-state index in [9.17, 15) is 0 Å². The molecule has 1 aliphatic heterocycles. The van der Waals surface area contributed by atoms with Gasteiger partial charge >= 0.3 is 0 Å². The largest absolute Gasteiger partial charge is 0.474 e. The summed E-state index contributed by atoms with van der Waals surface area (Å²) < 4.78 is 16.8. The summed E-state index contributed by atoms with van der Waals surface area (Å²) in [5.74, 6) is 2.24. The van der Waals surface area contributed by atoms with Gasteiger partial charge in [-0.25, -0.2) is 9.98 Å². The van der Waals surface area contributed by atoms with Crippen LogP contribution < -0.4 is 10.1 Å². The molecule has 0 bridgehead atoms. The number of ether oxygens (including phenoxy) is 3. The van der Waals surface area contributed by atoms with Crippen LogP contribution in [0.15, 0.2) is 23.3 Å². The number of nitrogens with zero attached hydrogens (tertiary/aromatic N) is 3. The molecule has 2 heterocycles. The van der Waals surface area contributed by atoms with E-state index in [1.165, 1.54) is 12.8 Å². The maximum absolute atomic E-state index is 6.03. The second-order valence-corrected chi connectivity index (χ2v) is 7.87. The molecule has 1 saturated heterocycles. The van der Waals surface area contributed by atoms with Crippen molar-refractivity contribution in [3.05, 3.63) is 23.9 Å². The lowest BCUT2D eigenvalue weighted by atomic mass is 10.1. The van der Waals surface area contributed by atoms with Crippen LogP contribution >= 0.6 is 24.0 Å². The van der Waals surface area contributed by atoms with E-state index in [0.717, 1.165) is 62.9 Å². The molecule has 1 atom stereocenters. The predicted octanol–water partition coefficient (Wildman–Crippen LogP) is 3.47. The first kappa shape index (κ1) is 25.1. The quantitative estimate of drug-likeness (QED) is 0.216. The fourth-order valence-electron chi connectivity index (χ4n) is 3.94. The van der Waals surface area contributed by atoms with Crippen molar-refractivity contribution in [1.82, 2.24) is 15.2 Å². The van der Waals surface area contributed by atoms with E-state index in [-0.39, 0.29) is 24.0 Å². The summed E-state index contributed by atoms with van der Waals surface area (Å²) in [6.45, 7) is 7.67. The normalized spacial score (nSPS) is 19.7. The number of aliphatic imine (C=N–C) groups is 1. The molecule has 2 aliphatic rings. The summed E-state index contributed by atoms with van der Waals surface area (Å²) in [5.41, 5.74) is 1.13. The highest BCUT2D eigenvalue weighted by Gasteiger charge is 2.25. The smallest absolute Gasteiger partial charge is 0.213 e. The maximum atomic E-state index is 6.03. The van der Waals surface area contributed by atoms with Crippen LogP contribution in [0.2, 0.25) is 0 Å². The highest BCUT2D eigenvalue weighted by Crippen LogP contribution is 2.23. The van der Waals surface area contributed by atoms with Gasteiger partial charge in [-0.15, -0.1) is 24.0 Å². The third kappa shape index (κ3) is 8.19.